The van der Waals surface area contributed by atoms with Gasteiger partial charge < -0.3 is 14.2 Å². The Kier molecular flexibility index (Phi) is 8.99. The Labute approximate surface area is 290 Å². The Morgan fingerprint density at radius 1 is 0.936 bits per heavy atom. The number of rotatable bonds is 6. The van der Waals surface area contributed by atoms with Crippen LogP contribution in [0, 0.1) is 44.6 Å². The molecule has 0 spiro atoms. The molecule has 6 nitrogen and oxygen atoms in total. The topological polar surface area (TPSA) is 48.1 Å². The van der Waals surface area contributed by atoms with E-state index in [0.29, 0.717) is 35.2 Å². The van der Waals surface area contributed by atoms with Gasteiger partial charge in [0.2, 0.25) is 0 Å². The number of aromatic nitrogens is 4. The molecule has 0 saturated heterocycles. The standard InChI is InChI=1S/C39H38FN5O.Pt/c1-23-16-30(45-27(5)39(26(4)42-45)38-24(2)18-29(43(6)7)19-25(38)3)21-32(17-23)46-31-12-13-34-33-10-8-9-11-35(33)44(36(34)22-31)37-20-28(40)14-15-41-37;/h8-18,20,25,29,38H,19H2,1-7H3;/q-2;+2/t25-,29-,38?;/m0./s1. The van der Waals surface area contributed by atoms with Crippen molar-refractivity contribution in [3.8, 4) is 23.0 Å². The van der Waals surface area contributed by atoms with Crippen molar-refractivity contribution in [2.24, 2.45) is 5.92 Å². The molecule has 1 unspecified atom stereocenters. The molecule has 3 atom stereocenters. The Hall–Kier alpha value is -4.06. The molecule has 242 valence electrons. The van der Waals surface area contributed by atoms with E-state index in [1.54, 1.807) is 0 Å². The molecule has 0 N–H and O–H groups in total. The Bertz CT molecular complexity index is 2150. The molecule has 8 heteroatoms. The first-order valence-corrected chi connectivity index (χ1v) is 15.8. The fourth-order valence-corrected chi connectivity index (χ4v) is 7.29. The molecule has 6 aromatic rings. The van der Waals surface area contributed by atoms with Crippen LogP contribution in [-0.4, -0.2) is 44.4 Å². The van der Waals surface area contributed by atoms with Gasteiger partial charge in [-0.25, -0.2) is 9.37 Å². The average Bonchev–Trinajstić information content (AvgIpc) is 3.49. The van der Waals surface area contributed by atoms with Gasteiger partial charge in [-0.2, -0.15) is 16.7 Å². The SMILES string of the molecule is CC1=C[C@H](N(C)C)C[C@H](C)C1c1c(C)nn(-c2[c-]c(Oc3[c-]c4c(cc3)c3ccccc3n4-c3cc(F)ccn3)cc(C)c2)c1C.[Pt+2]. The van der Waals surface area contributed by atoms with E-state index in [-0.39, 0.29) is 26.9 Å². The van der Waals surface area contributed by atoms with E-state index in [4.69, 9.17) is 9.84 Å². The van der Waals surface area contributed by atoms with Crippen LogP contribution >= 0.6 is 0 Å². The second kappa shape index (κ2) is 12.9. The zero-order chi connectivity index (χ0) is 32.3. The molecule has 1 aliphatic rings. The van der Waals surface area contributed by atoms with Gasteiger partial charge in [-0.05, 0) is 70.4 Å². The molecule has 0 fully saturated rings. The normalized spacial score (nSPS) is 18.1. The first-order chi connectivity index (χ1) is 22.1. The maximum atomic E-state index is 14.3. The summed E-state index contributed by atoms with van der Waals surface area (Å²) in [6, 6.07) is 26.2. The van der Waals surface area contributed by atoms with Crippen molar-refractivity contribution in [1.82, 2.24) is 24.2 Å². The van der Waals surface area contributed by atoms with E-state index >= 15 is 0 Å². The predicted octanol–water partition coefficient (Wildman–Crippen LogP) is 8.82. The van der Waals surface area contributed by atoms with Crippen LogP contribution in [-0.2, 0) is 21.1 Å². The molecular formula is C39H38FN5OPt. The number of halogens is 1. The maximum absolute atomic E-state index is 14.3. The number of ether oxygens (including phenoxy) is 1. The summed E-state index contributed by atoms with van der Waals surface area (Å²) in [5.74, 6) is 2.06. The number of allylic oxidation sites excluding steroid dienone is 1. The van der Waals surface area contributed by atoms with Gasteiger partial charge in [-0.15, -0.1) is 35.7 Å². The van der Waals surface area contributed by atoms with Gasteiger partial charge in [-0.3, -0.25) is 4.68 Å². The van der Waals surface area contributed by atoms with Crippen molar-refractivity contribution in [3.05, 3.63) is 119 Å². The van der Waals surface area contributed by atoms with Gasteiger partial charge in [0.05, 0.1) is 5.69 Å². The van der Waals surface area contributed by atoms with Gasteiger partial charge in [-0.1, -0.05) is 49.2 Å². The second-order valence-corrected chi connectivity index (χ2v) is 12.9. The molecule has 0 amide bonds. The minimum atomic E-state index is -0.348. The number of pyridine rings is 1. The molecule has 7 rings (SSSR count). The number of para-hydroxylation sites is 1. The number of hydrogen-bond acceptors (Lipinski definition) is 4. The van der Waals surface area contributed by atoms with Crippen molar-refractivity contribution in [3.63, 3.8) is 0 Å². The molecule has 3 aromatic carbocycles. The Balaban J connectivity index is 0.00000386. The Morgan fingerprint density at radius 2 is 1.72 bits per heavy atom. The van der Waals surface area contributed by atoms with Crippen LogP contribution in [0.1, 0.15) is 48.7 Å². The third-order valence-corrected chi connectivity index (χ3v) is 9.37. The molecule has 0 aliphatic heterocycles. The molecule has 47 heavy (non-hydrogen) atoms. The zero-order valence-corrected chi connectivity index (χ0v) is 30.0. The predicted molar refractivity (Wildman–Crippen MR) is 182 cm³/mol. The summed E-state index contributed by atoms with van der Waals surface area (Å²) in [6.45, 7) is 10.9. The van der Waals surface area contributed by atoms with Crippen LogP contribution in [0.25, 0.3) is 33.3 Å². The molecule has 3 aromatic heterocycles. The summed E-state index contributed by atoms with van der Waals surface area (Å²) in [5, 5.41) is 7.04. The maximum Gasteiger partial charge on any atom is 2.00 e. The van der Waals surface area contributed by atoms with Crippen molar-refractivity contribution >= 4 is 21.8 Å². The number of aryl methyl sites for hydroxylation is 2. The van der Waals surface area contributed by atoms with Crippen LogP contribution < -0.4 is 4.74 Å². The van der Waals surface area contributed by atoms with E-state index in [2.05, 4.69) is 88.9 Å². The minimum absolute atomic E-state index is 0. The van der Waals surface area contributed by atoms with Crippen LogP contribution in [0.3, 0.4) is 0 Å². The molecular weight excluding hydrogens is 769 g/mol. The number of nitrogens with zero attached hydrogens (tertiary/aromatic N) is 5. The largest absolute Gasteiger partial charge is 2.00 e. The van der Waals surface area contributed by atoms with Crippen molar-refractivity contribution in [2.45, 2.75) is 53.0 Å². The molecule has 1 aliphatic carbocycles. The van der Waals surface area contributed by atoms with Crippen LogP contribution in [0.5, 0.6) is 11.5 Å². The fraction of sp³-hybridized carbons (Fsp3) is 0.282. The van der Waals surface area contributed by atoms with E-state index in [0.717, 1.165) is 50.9 Å². The van der Waals surface area contributed by atoms with E-state index < -0.39 is 0 Å². The molecule has 0 bridgehead atoms. The minimum Gasteiger partial charge on any atom is -0.509 e. The molecule has 3 heterocycles. The van der Waals surface area contributed by atoms with Gasteiger partial charge >= 0.3 is 21.1 Å². The van der Waals surface area contributed by atoms with Gasteiger partial charge in [0, 0.05) is 52.5 Å². The van der Waals surface area contributed by atoms with Crippen molar-refractivity contribution < 1.29 is 30.2 Å². The third-order valence-electron chi connectivity index (χ3n) is 9.37. The third kappa shape index (κ3) is 5.96. The summed E-state index contributed by atoms with van der Waals surface area (Å²) < 4.78 is 24.6. The number of benzene rings is 3. The van der Waals surface area contributed by atoms with Crippen molar-refractivity contribution in [2.75, 3.05) is 14.1 Å². The van der Waals surface area contributed by atoms with E-state index in [1.165, 1.54) is 29.5 Å². The van der Waals surface area contributed by atoms with Crippen LogP contribution in [0.2, 0.25) is 0 Å². The number of hydrogen-bond donors (Lipinski definition) is 0. The molecule has 0 saturated carbocycles. The first-order valence-electron chi connectivity index (χ1n) is 15.8. The summed E-state index contributed by atoms with van der Waals surface area (Å²) in [6.07, 6.45) is 5.01. The quantitative estimate of drug-likeness (QED) is 0.125. The van der Waals surface area contributed by atoms with Crippen LogP contribution in [0.15, 0.2) is 78.5 Å². The summed E-state index contributed by atoms with van der Waals surface area (Å²) in [7, 11) is 4.31. The number of fused-ring (bicyclic) bond motifs is 3. The Morgan fingerprint density at radius 3 is 2.47 bits per heavy atom. The smallest absolute Gasteiger partial charge is 0.509 e. The number of likely N-dealkylation sites (N-methyl/N-ethyl adjacent to an activating group) is 1. The summed E-state index contributed by atoms with van der Waals surface area (Å²) in [5.41, 5.74) is 8.41. The molecule has 0 radical (unpaired) electrons. The summed E-state index contributed by atoms with van der Waals surface area (Å²) in [4.78, 5) is 6.77. The summed E-state index contributed by atoms with van der Waals surface area (Å²) >= 11 is 0. The van der Waals surface area contributed by atoms with E-state index in [9.17, 15) is 4.39 Å². The van der Waals surface area contributed by atoms with Gasteiger partial charge in [0.15, 0.2) is 0 Å². The monoisotopic (exact) mass is 806 g/mol. The second-order valence-electron chi connectivity index (χ2n) is 12.9. The fourth-order valence-electron chi connectivity index (χ4n) is 7.29. The van der Waals surface area contributed by atoms with Crippen LogP contribution in [0.4, 0.5) is 4.39 Å². The first kappa shape index (κ1) is 32.9. The zero-order valence-electron chi connectivity index (χ0n) is 27.7. The van der Waals surface area contributed by atoms with Gasteiger partial charge in [0.1, 0.15) is 11.6 Å². The van der Waals surface area contributed by atoms with Crippen molar-refractivity contribution in [1.29, 1.82) is 0 Å². The average molecular weight is 807 g/mol. The van der Waals surface area contributed by atoms with E-state index in [1.807, 2.05) is 45.6 Å². The van der Waals surface area contributed by atoms with Gasteiger partial charge in [0.25, 0.3) is 0 Å².